The summed E-state index contributed by atoms with van der Waals surface area (Å²) >= 11 is 1.90. The van der Waals surface area contributed by atoms with Crippen molar-refractivity contribution in [3.05, 3.63) is 144 Å². The van der Waals surface area contributed by atoms with E-state index in [1.54, 1.807) is 57.8 Å². The molecule has 0 radical (unpaired) electrons. The molecule has 1 unspecified atom stereocenters. The van der Waals surface area contributed by atoms with Crippen molar-refractivity contribution < 1.29 is 41.9 Å². The van der Waals surface area contributed by atoms with Gasteiger partial charge in [0.2, 0.25) is 12.2 Å². The number of nitrogens with zero attached hydrogens (tertiary/aromatic N) is 2. The van der Waals surface area contributed by atoms with Gasteiger partial charge >= 0.3 is 21.0 Å². The van der Waals surface area contributed by atoms with Crippen LogP contribution in [0, 0.1) is 5.92 Å². The largest absolute Gasteiger partial charge is 0.500 e. The molecule has 1 atom stereocenters. The average molecular weight is 893 g/mol. The molecule has 2 N–H and O–H groups in total. The van der Waals surface area contributed by atoms with Gasteiger partial charge in [0, 0.05) is 38.7 Å². The second-order valence-electron chi connectivity index (χ2n) is 14.4. The average Bonchev–Trinajstić information content (AvgIpc) is 3.28. The zero-order valence-electron chi connectivity index (χ0n) is 36.1. The van der Waals surface area contributed by atoms with Crippen molar-refractivity contribution in [1.29, 1.82) is 0 Å². The molecule has 0 aliphatic carbocycles. The minimum Gasteiger partial charge on any atom is -0.445 e. The standard InChI is InChI=1S/C48H56N4O9SSi/c1-57-63(58-2,59-3)29-13-27-62-28-24-38(15-6-8-26-61-48(56)52-46-23-12-19-42(35-46)31-40-17-10-21-44(33-40)50-37-54)14-5-4-7-25-60-47(55)51-45-22-11-18-41(34-45)30-39-16-9-20-43(32-39)49-36-53/h4,6-12,16-23,32-35,38H,5,13-15,24-31H2,1-3H3,(H,51,55)(H,52,56). The van der Waals surface area contributed by atoms with Gasteiger partial charge in [0.25, 0.3) is 0 Å². The molecule has 0 heterocycles. The lowest BCUT2D eigenvalue weighted by molar-refractivity contribution is 0.123. The Bertz CT molecular complexity index is 2200. The van der Waals surface area contributed by atoms with Crippen LogP contribution in [0.2, 0.25) is 6.04 Å². The Morgan fingerprint density at radius 3 is 1.65 bits per heavy atom. The summed E-state index contributed by atoms with van der Waals surface area (Å²) in [5.41, 5.74) is 6.24. The Balaban J connectivity index is 1.21. The third-order valence-electron chi connectivity index (χ3n) is 9.87. The van der Waals surface area contributed by atoms with Crippen LogP contribution in [-0.4, -0.2) is 79.2 Å². The van der Waals surface area contributed by atoms with Crippen molar-refractivity contribution in [2.75, 3.05) is 56.7 Å². The number of ether oxygens (including phenoxy) is 2. The van der Waals surface area contributed by atoms with Gasteiger partial charge in [0.15, 0.2) is 0 Å². The molecule has 63 heavy (non-hydrogen) atoms. The van der Waals surface area contributed by atoms with Crippen LogP contribution < -0.4 is 10.6 Å². The van der Waals surface area contributed by atoms with Crippen LogP contribution in [0.3, 0.4) is 0 Å². The number of benzene rings is 4. The van der Waals surface area contributed by atoms with E-state index in [-0.39, 0.29) is 13.2 Å². The molecule has 0 fully saturated rings. The molecule has 4 rings (SSSR count). The van der Waals surface area contributed by atoms with E-state index in [0.29, 0.717) is 41.5 Å². The number of allylic oxidation sites excluding steroid dienone is 2. The summed E-state index contributed by atoms with van der Waals surface area (Å²) in [5.74, 6) is 2.35. The minimum absolute atomic E-state index is 0.136. The van der Waals surface area contributed by atoms with Crippen molar-refractivity contribution in [3.63, 3.8) is 0 Å². The first-order valence-corrected chi connectivity index (χ1v) is 23.8. The summed E-state index contributed by atoms with van der Waals surface area (Å²) in [6, 6.07) is 30.5. The van der Waals surface area contributed by atoms with E-state index in [1.807, 2.05) is 103 Å². The van der Waals surface area contributed by atoms with Gasteiger partial charge in [-0.3, -0.25) is 10.6 Å². The molecule has 0 aromatic heterocycles. The number of rotatable bonds is 27. The van der Waals surface area contributed by atoms with E-state index >= 15 is 0 Å². The molecule has 4 aromatic carbocycles. The molecule has 0 aliphatic heterocycles. The fourth-order valence-corrected chi connectivity index (χ4v) is 9.71. The van der Waals surface area contributed by atoms with Crippen molar-refractivity contribution >= 4 is 67.7 Å². The molecule has 0 spiro atoms. The van der Waals surface area contributed by atoms with Crippen LogP contribution in [0.15, 0.2) is 131 Å². The number of aliphatic imine (C=N–C) groups is 2. The number of hydrogen-bond acceptors (Lipinski definition) is 12. The second-order valence-corrected chi connectivity index (χ2v) is 18.7. The number of amides is 2. The predicted octanol–water partition coefficient (Wildman–Crippen LogP) is 10.9. The van der Waals surface area contributed by atoms with Crippen molar-refractivity contribution in [2.45, 2.75) is 51.0 Å². The number of thioether (sulfide) groups is 1. The molecule has 0 aliphatic rings. The maximum atomic E-state index is 12.6. The van der Waals surface area contributed by atoms with Crippen LogP contribution in [0.1, 0.15) is 54.4 Å². The smallest absolute Gasteiger partial charge is 0.445 e. The molecule has 0 saturated heterocycles. The highest BCUT2D eigenvalue weighted by Gasteiger charge is 2.36. The van der Waals surface area contributed by atoms with Gasteiger partial charge in [-0.1, -0.05) is 72.8 Å². The fourth-order valence-electron chi connectivity index (χ4n) is 6.68. The van der Waals surface area contributed by atoms with Gasteiger partial charge in [0.1, 0.15) is 13.2 Å². The van der Waals surface area contributed by atoms with Crippen molar-refractivity contribution in [2.24, 2.45) is 15.9 Å². The number of isocyanates is 2. The Morgan fingerprint density at radius 1 is 0.651 bits per heavy atom. The summed E-state index contributed by atoms with van der Waals surface area (Å²) in [5, 5.41) is 5.59. The molecule has 2 amide bonds. The molecule has 15 heteroatoms. The van der Waals surface area contributed by atoms with Gasteiger partial charge in [-0.2, -0.15) is 21.7 Å². The topological polar surface area (TPSA) is 163 Å². The quantitative estimate of drug-likeness (QED) is 0.0194. The molecule has 13 nitrogen and oxygen atoms in total. The van der Waals surface area contributed by atoms with Crippen LogP contribution in [0.4, 0.5) is 32.3 Å². The van der Waals surface area contributed by atoms with E-state index in [9.17, 15) is 19.2 Å². The lowest BCUT2D eigenvalue weighted by Gasteiger charge is -2.24. The SMILES string of the molecule is CO[Si](CCCSCCC(CC=CCOC(=O)Nc1cccc(Cc2cccc(N=C=O)c2)c1)CCC=CCOC(=O)Nc1cccc(Cc2cccc(N=C=O)c2)c1)(OC)OC. The zero-order valence-corrected chi connectivity index (χ0v) is 37.9. The Labute approximate surface area is 375 Å². The summed E-state index contributed by atoms with van der Waals surface area (Å²) < 4.78 is 27.5. The van der Waals surface area contributed by atoms with Crippen LogP contribution in [0.5, 0.6) is 0 Å². The highest BCUT2D eigenvalue weighted by atomic mass is 32.2. The first-order chi connectivity index (χ1) is 30.8. The minimum atomic E-state index is -2.58. The number of anilines is 2. The summed E-state index contributed by atoms with van der Waals surface area (Å²) in [6.45, 7) is 0.275. The van der Waals surface area contributed by atoms with Crippen LogP contribution >= 0.6 is 11.8 Å². The van der Waals surface area contributed by atoms with E-state index in [1.165, 1.54) is 0 Å². The lowest BCUT2D eigenvalue weighted by atomic mass is 9.96. The first kappa shape index (κ1) is 49.8. The van der Waals surface area contributed by atoms with Crippen LogP contribution in [0.25, 0.3) is 0 Å². The second kappa shape index (κ2) is 28.7. The van der Waals surface area contributed by atoms with Gasteiger partial charge in [0.05, 0.1) is 11.4 Å². The molecule has 0 bridgehead atoms. The maximum Gasteiger partial charge on any atom is 0.500 e. The fraction of sp³-hybridized carbons (Fsp3) is 0.333. The van der Waals surface area contributed by atoms with E-state index in [2.05, 4.69) is 26.7 Å². The number of nitrogens with one attached hydrogen (secondary N) is 2. The molecule has 4 aromatic rings. The molecule has 0 saturated carbocycles. The Kier molecular flexibility index (Phi) is 22.6. The van der Waals surface area contributed by atoms with E-state index in [4.69, 9.17) is 22.8 Å². The van der Waals surface area contributed by atoms with E-state index < -0.39 is 21.0 Å². The van der Waals surface area contributed by atoms with E-state index in [0.717, 1.165) is 71.9 Å². The summed E-state index contributed by atoms with van der Waals surface area (Å²) in [7, 11) is 2.32. The normalized spacial score (nSPS) is 11.7. The van der Waals surface area contributed by atoms with Gasteiger partial charge in [-0.25, -0.2) is 19.2 Å². The third kappa shape index (κ3) is 19.4. The third-order valence-corrected chi connectivity index (χ3v) is 13.8. The highest BCUT2D eigenvalue weighted by molar-refractivity contribution is 7.99. The van der Waals surface area contributed by atoms with Crippen molar-refractivity contribution in [3.8, 4) is 0 Å². The Hall–Kier alpha value is -5.89. The summed E-state index contributed by atoms with van der Waals surface area (Å²) in [4.78, 5) is 53.8. The zero-order chi connectivity index (χ0) is 45.0. The number of hydrogen-bond donors (Lipinski definition) is 2. The predicted molar refractivity (Wildman–Crippen MR) is 251 cm³/mol. The highest BCUT2D eigenvalue weighted by Crippen LogP contribution is 2.24. The maximum absolute atomic E-state index is 12.6. The lowest BCUT2D eigenvalue weighted by Crippen LogP contribution is -2.42. The molecular formula is C48H56N4O9SSi. The van der Waals surface area contributed by atoms with Gasteiger partial charge in [-0.05, 0) is 133 Å². The van der Waals surface area contributed by atoms with Crippen LogP contribution in [-0.2, 0) is 45.2 Å². The molecule has 332 valence electrons. The number of carbonyl (C=O) groups is 2. The monoisotopic (exact) mass is 892 g/mol. The molecular weight excluding hydrogens is 837 g/mol. The van der Waals surface area contributed by atoms with Crippen molar-refractivity contribution in [1.82, 2.24) is 0 Å². The Morgan fingerprint density at radius 2 is 1.14 bits per heavy atom. The summed E-state index contributed by atoms with van der Waals surface area (Å²) in [6.07, 6.45) is 15.6. The van der Waals surface area contributed by atoms with Gasteiger partial charge < -0.3 is 22.8 Å². The number of carbonyl (C=O) groups excluding carboxylic acids is 4. The van der Waals surface area contributed by atoms with Gasteiger partial charge in [-0.15, -0.1) is 0 Å². The first-order valence-electron chi connectivity index (χ1n) is 20.7.